The van der Waals surface area contributed by atoms with Crippen LogP contribution >= 0.6 is 28.3 Å². The lowest BCUT2D eigenvalue weighted by Crippen LogP contribution is -2.51. The number of rotatable bonds is 29. The maximum absolute atomic E-state index is 15.2. The lowest BCUT2D eigenvalue weighted by atomic mass is 9.85. The van der Waals surface area contributed by atoms with Crippen molar-refractivity contribution in [2.24, 2.45) is 41.2 Å². The zero-order valence-corrected chi connectivity index (χ0v) is 46.8. The molecule has 0 spiro atoms. The van der Waals surface area contributed by atoms with Crippen molar-refractivity contribution in [1.82, 2.24) is 19.3 Å². The summed E-state index contributed by atoms with van der Waals surface area (Å²) in [7, 11) is 4.57. The van der Waals surface area contributed by atoms with Gasteiger partial charge in [0.1, 0.15) is 6.04 Å². The Hall–Kier alpha value is -5.11. The number of nitrogens with zero attached hydrogens (tertiary/aromatic N) is 5. The van der Waals surface area contributed by atoms with Gasteiger partial charge in [0.25, 0.3) is 0 Å². The van der Waals surface area contributed by atoms with Crippen molar-refractivity contribution in [3.63, 3.8) is 0 Å². The smallest absolute Gasteiger partial charge is 0.345 e. The van der Waals surface area contributed by atoms with Crippen LogP contribution in [-0.2, 0) is 51.3 Å². The number of nitriles is 1. The van der Waals surface area contributed by atoms with Gasteiger partial charge in [-0.15, -0.1) is 12.4 Å². The molecule has 3 amide bonds. The molecule has 0 saturated carbocycles. The first-order valence-electron chi connectivity index (χ1n) is 25.0. The fourth-order valence-electron chi connectivity index (χ4n) is 9.24. The van der Waals surface area contributed by atoms with Gasteiger partial charge in [0.05, 0.1) is 24.2 Å². The SMILES string of the molecule is CC(C)C[C@H](CC(=O)[C@H](Cc1cn(Cc2ccc(Br)cc2)c2ccccc12)N(C)C(=O)[C@@H](CC(=O)[C@H](CC(C)C)N(C)C(=O)[C@@H](N)CC(C)C)CC(C)C)C(=O)N(C)[C@@H](C)C(=O)O[C@H](CCC#N)C(=O)O.Cl. The van der Waals surface area contributed by atoms with E-state index in [0.717, 1.165) is 31.4 Å². The van der Waals surface area contributed by atoms with E-state index in [1.165, 1.54) is 23.8 Å². The number of ether oxygens (including phenoxy) is 1. The highest BCUT2D eigenvalue weighted by Gasteiger charge is 2.39. The highest BCUT2D eigenvalue weighted by Crippen LogP contribution is 2.30. The van der Waals surface area contributed by atoms with Crippen LogP contribution in [0.25, 0.3) is 10.9 Å². The number of fused-ring (bicyclic) bond motifs is 1. The van der Waals surface area contributed by atoms with Gasteiger partial charge in [-0.25, -0.2) is 9.59 Å². The quantitative estimate of drug-likeness (QED) is 0.0627. The van der Waals surface area contributed by atoms with E-state index in [1.54, 1.807) is 14.1 Å². The topological polar surface area (TPSA) is 213 Å². The van der Waals surface area contributed by atoms with Gasteiger partial charge in [0.2, 0.25) is 17.7 Å². The highest BCUT2D eigenvalue weighted by atomic mass is 79.9. The number of aromatic nitrogens is 1. The number of halogens is 2. The Morgan fingerprint density at radius 1 is 0.708 bits per heavy atom. The summed E-state index contributed by atoms with van der Waals surface area (Å²) in [5, 5.41) is 19.5. The Morgan fingerprint density at radius 2 is 1.21 bits per heavy atom. The van der Waals surface area contributed by atoms with Crippen molar-refractivity contribution in [3.8, 4) is 6.07 Å². The van der Waals surface area contributed by atoms with Crippen molar-refractivity contribution < 1.29 is 43.4 Å². The van der Waals surface area contributed by atoms with Crippen LogP contribution in [0.3, 0.4) is 0 Å². The average molecular weight is 1080 g/mol. The first kappa shape index (κ1) is 63.0. The van der Waals surface area contributed by atoms with Gasteiger partial charge < -0.3 is 34.8 Å². The van der Waals surface area contributed by atoms with E-state index in [4.69, 9.17) is 15.7 Å². The molecule has 0 bridgehead atoms. The number of carbonyl (C=O) groups excluding carboxylic acids is 6. The number of ketones is 2. The van der Waals surface area contributed by atoms with Crippen molar-refractivity contribution in [1.29, 1.82) is 5.26 Å². The van der Waals surface area contributed by atoms with Crippen LogP contribution in [0.1, 0.15) is 125 Å². The summed E-state index contributed by atoms with van der Waals surface area (Å²) in [6, 6.07) is 13.7. The minimum absolute atomic E-state index is 0. The number of carboxylic acid groups (broad SMARTS) is 1. The second-order valence-corrected chi connectivity index (χ2v) is 21.9. The maximum Gasteiger partial charge on any atom is 0.345 e. The number of carboxylic acids is 1. The normalized spacial score (nSPS) is 14.4. The van der Waals surface area contributed by atoms with E-state index in [0.29, 0.717) is 25.8 Å². The van der Waals surface area contributed by atoms with Crippen LogP contribution in [0, 0.1) is 46.8 Å². The van der Waals surface area contributed by atoms with Crippen molar-refractivity contribution in [2.45, 2.75) is 157 Å². The minimum atomic E-state index is -1.58. The number of esters is 1. The third-order valence-corrected chi connectivity index (χ3v) is 13.6. The number of benzene rings is 2. The molecule has 15 nitrogen and oxygen atoms in total. The lowest BCUT2D eigenvalue weighted by Gasteiger charge is -2.34. The number of carbonyl (C=O) groups is 7. The Bertz CT molecular complexity index is 2340. The number of hydrogen-bond acceptors (Lipinski definition) is 10. The van der Waals surface area contributed by atoms with Crippen molar-refractivity contribution in [2.75, 3.05) is 21.1 Å². The fourth-order valence-corrected chi connectivity index (χ4v) is 9.50. The largest absolute Gasteiger partial charge is 0.479 e. The van der Waals surface area contributed by atoms with E-state index in [-0.39, 0.29) is 86.3 Å². The number of amides is 3. The zero-order valence-electron chi connectivity index (χ0n) is 44.4. The molecule has 17 heteroatoms. The van der Waals surface area contributed by atoms with Gasteiger partial charge >= 0.3 is 11.9 Å². The van der Waals surface area contributed by atoms with Crippen LogP contribution < -0.4 is 5.73 Å². The number of likely N-dealkylation sites (N-methyl/N-ethyl adjacent to an activating group) is 3. The Balaban J connectivity index is 0.0000178. The number of para-hydroxylation sites is 1. The van der Waals surface area contributed by atoms with Gasteiger partial charge in [-0.05, 0) is 85.6 Å². The monoisotopic (exact) mass is 1080 g/mol. The number of nitrogens with two attached hydrogens (primary N) is 1. The molecule has 2 aromatic carbocycles. The molecule has 3 rings (SSSR count). The molecule has 1 aromatic heterocycles. The summed E-state index contributed by atoms with van der Waals surface area (Å²) < 4.78 is 8.29. The van der Waals surface area contributed by atoms with E-state index < -0.39 is 71.6 Å². The van der Waals surface area contributed by atoms with Crippen LogP contribution in [0.5, 0.6) is 0 Å². The van der Waals surface area contributed by atoms with E-state index in [9.17, 15) is 29.1 Å². The van der Waals surface area contributed by atoms with Crippen LogP contribution in [0.4, 0.5) is 0 Å². The molecule has 72 heavy (non-hydrogen) atoms. The predicted molar refractivity (Wildman–Crippen MR) is 286 cm³/mol. The number of hydrogen-bond donors (Lipinski definition) is 2. The highest BCUT2D eigenvalue weighted by molar-refractivity contribution is 9.10. The molecular weight excluding hydrogens is 1000 g/mol. The van der Waals surface area contributed by atoms with E-state index >= 15 is 9.59 Å². The third kappa shape index (κ3) is 18.4. The van der Waals surface area contributed by atoms with Gasteiger partial charge in [-0.2, -0.15) is 5.26 Å². The molecular formula is C55H80BrClN6O9. The summed E-state index contributed by atoms with van der Waals surface area (Å²) in [5.74, 6) is -6.03. The minimum Gasteiger partial charge on any atom is -0.479 e. The van der Waals surface area contributed by atoms with Crippen LogP contribution in [0.15, 0.2) is 59.2 Å². The Morgan fingerprint density at radius 3 is 1.72 bits per heavy atom. The number of aliphatic carboxylic acids is 1. The van der Waals surface area contributed by atoms with Crippen molar-refractivity contribution >= 4 is 80.5 Å². The first-order valence-corrected chi connectivity index (χ1v) is 25.8. The molecule has 1 heterocycles. The lowest BCUT2D eigenvalue weighted by molar-refractivity contribution is -0.169. The summed E-state index contributed by atoms with van der Waals surface area (Å²) in [6.45, 7) is 17.6. The predicted octanol–water partition coefficient (Wildman–Crippen LogP) is 8.88. The zero-order chi connectivity index (χ0) is 53.4. The van der Waals surface area contributed by atoms with Gasteiger partial charge in [-0.3, -0.25) is 24.0 Å². The molecule has 3 aromatic rings. The van der Waals surface area contributed by atoms with Crippen LogP contribution in [-0.4, -0.2) is 117 Å². The van der Waals surface area contributed by atoms with Gasteiger partial charge in [-0.1, -0.05) is 102 Å². The Labute approximate surface area is 442 Å². The van der Waals surface area contributed by atoms with Crippen LogP contribution in [0.2, 0.25) is 0 Å². The summed E-state index contributed by atoms with van der Waals surface area (Å²) >= 11 is 3.51. The second kappa shape index (κ2) is 29.6. The Kier molecular flexibility index (Phi) is 25.9. The number of Topliss-reactive ketones (excluding diaryl/α,β-unsaturated/α-hetero) is 2. The second-order valence-electron chi connectivity index (χ2n) is 21.0. The van der Waals surface area contributed by atoms with Crippen molar-refractivity contribution in [3.05, 3.63) is 70.3 Å². The molecule has 398 valence electrons. The molecule has 0 radical (unpaired) electrons. The molecule has 0 aliphatic heterocycles. The van der Waals surface area contributed by atoms with Gasteiger partial charge in [0.15, 0.2) is 17.7 Å². The first-order chi connectivity index (χ1) is 33.3. The van der Waals surface area contributed by atoms with E-state index in [1.807, 2.05) is 116 Å². The summed E-state index contributed by atoms with van der Waals surface area (Å²) in [4.78, 5) is 102. The molecule has 0 fully saturated rings. The summed E-state index contributed by atoms with van der Waals surface area (Å²) in [6.07, 6.45) is 1.05. The average Bonchev–Trinajstić information content (AvgIpc) is 3.65. The standard InChI is InChI=1S/C55H79BrN6O9.ClH/c1-33(2)24-39(51(65)59(10)37(9)55(70)71-50(54(68)69)18-15-23-57)29-49(64)47(28-41-32-62(45-17-14-13-16-43(41)45)31-38-19-21-42(56)22-20-38)60(11)52(66)40(25-34(3)4)30-48(63)46(27-36(7)8)61(12)53(67)44(58)26-35(5)6;/h13-14,16-17,19-22,32-37,39-40,44,46-47,50H,15,18,24-31,58H2,1-12H3,(H,68,69);1H/t37-,39+,40+,44-,46-,47-,50+;/m0./s1. The maximum atomic E-state index is 15.2. The van der Waals surface area contributed by atoms with Gasteiger partial charge in [0, 0.05) is 93.2 Å². The molecule has 0 aliphatic rings. The molecule has 0 saturated heterocycles. The molecule has 7 atom stereocenters. The fraction of sp³-hybridized carbons (Fsp3) is 0.600. The molecule has 3 N–H and O–H groups in total. The summed E-state index contributed by atoms with van der Waals surface area (Å²) in [5.41, 5.74) is 9.11. The third-order valence-electron chi connectivity index (χ3n) is 13.1. The van der Waals surface area contributed by atoms with E-state index in [2.05, 4.69) is 20.5 Å². The molecule has 0 unspecified atom stereocenters. The molecule has 0 aliphatic carbocycles.